The Morgan fingerprint density at radius 1 is 0.667 bits per heavy atom. The molecule has 24 heavy (non-hydrogen) atoms. The molecule has 3 rings (SSSR count). The van der Waals surface area contributed by atoms with Crippen molar-refractivity contribution in [2.24, 2.45) is 0 Å². The van der Waals surface area contributed by atoms with Gasteiger partial charge in [-0.3, -0.25) is 0 Å². The molecule has 0 atom stereocenters. The van der Waals surface area contributed by atoms with Crippen LogP contribution in [-0.2, 0) is 25.2 Å². The van der Waals surface area contributed by atoms with Crippen molar-refractivity contribution in [1.82, 2.24) is 0 Å². The summed E-state index contributed by atoms with van der Waals surface area (Å²) in [5.41, 5.74) is 0. The van der Waals surface area contributed by atoms with E-state index in [0.29, 0.717) is 0 Å². The molecule has 4 heteroatoms. The second-order valence-electron chi connectivity index (χ2n) is 4.83. The van der Waals surface area contributed by atoms with Gasteiger partial charge in [0.05, 0.1) is 0 Å². The Kier molecular flexibility index (Phi) is 9.20. The second kappa shape index (κ2) is 10.9. The van der Waals surface area contributed by atoms with E-state index >= 15 is 0 Å². The van der Waals surface area contributed by atoms with E-state index in [1.54, 1.807) is 0 Å². The zero-order valence-corrected chi connectivity index (χ0v) is 15.7. The molecular formula is C20H18O2PPd+. The fourth-order valence-electron chi connectivity index (χ4n) is 2.18. The molecule has 0 aliphatic carbocycles. The summed E-state index contributed by atoms with van der Waals surface area (Å²) >= 11 is 0. The number of carbonyl (C=O) groups excluding carboxylic acids is 1. The van der Waals surface area contributed by atoms with Crippen LogP contribution >= 0.6 is 7.92 Å². The molecule has 0 aliphatic rings. The SMILES string of the molecule is CC(=O)[O-].[Pd+2].c1ccc(P(c2ccccc2)c2ccccc2)cc1. The maximum Gasteiger partial charge on any atom is 2.00 e. The molecule has 0 N–H and O–H groups in total. The smallest absolute Gasteiger partial charge is 0.550 e. The van der Waals surface area contributed by atoms with E-state index in [1.807, 2.05) is 0 Å². The summed E-state index contributed by atoms with van der Waals surface area (Å²) in [6.07, 6.45) is 0. The number of hydrogen-bond acceptors (Lipinski definition) is 2. The first-order chi connectivity index (χ1) is 11.2. The molecule has 0 bridgehead atoms. The molecule has 0 saturated heterocycles. The molecule has 0 radical (unpaired) electrons. The Labute approximate surface area is 158 Å². The Hall–Kier alpha value is -1.78. The Morgan fingerprint density at radius 3 is 1.08 bits per heavy atom. The van der Waals surface area contributed by atoms with E-state index in [1.165, 1.54) is 15.9 Å². The van der Waals surface area contributed by atoms with Crippen LogP contribution in [-0.4, -0.2) is 5.97 Å². The summed E-state index contributed by atoms with van der Waals surface area (Å²) in [5, 5.41) is 13.1. The van der Waals surface area contributed by atoms with Crippen LogP contribution in [0.5, 0.6) is 0 Å². The van der Waals surface area contributed by atoms with Crippen molar-refractivity contribution in [1.29, 1.82) is 0 Å². The summed E-state index contributed by atoms with van der Waals surface area (Å²) in [7, 11) is -0.446. The van der Waals surface area contributed by atoms with E-state index in [4.69, 9.17) is 9.90 Å². The number of carboxylic acids is 1. The minimum atomic E-state index is -1.08. The molecule has 0 fully saturated rings. The Balaban J connectivity index is 0.000000522. The number of carboxylic acid groups (broad SMARTS) is 1. The number of hydrogen-bond donors (Lipinski definition) is 0. The van der Waals surface area contributed by atoms with Crippen LogP contribution in [0.25, 0.3) is 0 Å². The third kappa shape index (κ3) is 6.38. The summed E-state index contributed by atoms with van der Waals surface area (Å²) in [6.45, 7) is 0.972. The van der Waals surface area contributed by atoms with Crippen LogP contribution in [0, 0.1) is 0 Å². The van der Waals surface area contributed by atoms with E-state index < -0.39 is 13.9 Å². The van der Waals surface area contributed by atoms with Gasteiger partial charge < -0.3 is 9.90 Å². The fraction of sp³-hybridized carbons (Fsp3) is 0.0500. The van der Waals surface area contributed by atoms with Crippen LogP contribution in [0.4, 0.5) is 0 Å². The van der Waals surface area contributed by atoms with Crippen molar-refractivity contribution < 1.29 is 30.3 Å². The van der Waals surface area contributed by atoms with Gasteiger partial charge in [0.2, 0.25) is 0 Å². The van der Waals surface area contributed by atoms with Gasteiger partial charge in [-0.15, -0.1) is 0 Å². The van der Waals surface area contributed by atoms with Crippen molar-refractivity contribution in [3.63, 3.8) is 0 Å². The maximum absolute atomic E-state index is 8.89. The largest absolute Gasteiger partial charge is 2.00 e. The van der Waals surface area contributed by atoms with Crippen molar-refractivity contribution in [2.75, 3.05) is 0 Å². The van der Waals surface area contributed by atoms with Crippen LogP contribution in [0.1, 0.15) is 6.92 Å². The normalized spacial score (nSPS) is 9.42. The van der Waals surface area contributed by atoms with Crippen molar-refractivity contribution in [3.8, 4) is 0 Å². The van der Waals surface area contributed by atoms with E-state index in [2.05, 4.69) is 91.0 Å². The molecule has 0 saturated carbocycles. The molecule has 0 unspecified atom stereocenters. The minimum Gasteiger partial charge on any atom is -0.550 e. The number of carbonyl (C=O) groups is 1. The van der Waals surface area contributed by atoms with Crippen molar-refractivity contribution in [2.45, 2.75) is 6.92 Å². The zero-order chi connectivity index (χ0) is 16.5. The van der Waals surface area contributed by atoms with Gasteiger partial charge in [-0.2, -0.15) is 0 Å². The van der Waals surface area contributed by atoms with Gasteiger partial charge in [0.25, 0.3) is 0 Å². The van der Waals surface area contributed by atoms with E-state index in [0.717, 1.165) is 6.92 Å². The molecule has 0 aliphatic heterocycles. The number of benzene rings is 3. The topological polar surface area (TPSA) is 40.1 Å². The minimum absolute atomic E-state index is 0. The van der Waals surface area contributed by atoms with Crippen molar-refractivity contribution >= 4 is 29.8 Å². The van der Waals surface area contributed by atoms with Gasteiger partial charge in [0, 0.05) is 5.97 Å². The van der Waals surface area contributed by atoms with Crippen LogP contribution in [0.3, 0.4) is 0 Å². The van der Waals surface area contributed by atoms with Gasteiger partial charge in [-0.05, 0) is 30.8 Å². The molecule has 0 amide bonds. The molecule has 0 spiro atoms. The first-order valence-corrected chi connectivity index (χ1v) is 8.65. The molecular weight excluding hydrogens is 410 g/mol. The molecule has 3 aromatic carbocycles. The van der Waals surface area contributed by atoms with E-state index in [-0.39, 0.29) is 20.4 Å². The summed E-state index contributed by atoms with van der Waals surface area (Å²) in [4.78, 5) is 8.89. The van der Waals surface area contributed by atoms with Gasteiger partial charge in [-0.1, -0.05) is 91.0 Å². The average molecular weight is 428 g/mol. The molecule has 2 nitrogen and oxygen atoms in total. The van der Waals surface area contributed by atoms with Crippen LogP contribution < -0.4 is 21.0 Å². The zero-order valence-electron chi connectivity index (χ0n) is 13.2. The predicted molar refractivity (Wildman–Crippen MR) is 95.8 cm³/mol. The van der Waals surface area contributed by atoms with Crippen LogP contribution in [0.15, 0.2) is 91.0 Å². The first-order valence-electron chi connectivity index (χ1n) is 7.31. The standard InChI is InChI=1S/C18H15P.C2H4O2.Pd/c1-4-10-16(11-5-1)19(17-12-6-2-7-13-17)18-14-8-3-9-15-18;1-2(3)4;/h1-15H;1H3,(H,3,4);/q;;+2/p-1. The molecule has 0 heterocycles. The third-order valence-corrected chi connectivity index (χ3v) is 5.49. The Bertz CT molecular complexity index is 620. The van der Waals surface area contributed by atoms with E-state index in [9.17, 15) is 0 Å². The third-order valence-electron chi connectivity index (χ3n) is 3.04. The molecule has 0 aromatic heterocycles. The average Bonchev–Trinajstić information content (AvgIpc) is 2.58. The maximum atomic E-state index is 8.89. The van der Waals surface area contributed by atoms with Gasteiger partial charge in [0.15, 0.2) is 0 Å². The summed E-state index contributed by atoms with van der Waals surface area (Å²) in [5.74, 6) is -1.08. The summed E-state index contributed by atoms with van der Waals surface area (Å²) < 4.78 is 0. The quantitative estimate of drug-likeness (QED) is 0.475. The summed E-state index contributed by atoms with van der Waals surface area (Å²) in [6, 6.07) is 32.3. The van der Waals surface area contributed by atoms with Gasteiger partial charge >= 0.3 is 20.4 Å². The van der Waals surface area contributed by atoms with Crippen LogP contribution in [0.2, 0.25) is 0 Å². The monoisotopic (exact) mass is 427 g/mol. The predicted octanol–water partition coefficient (Wildman–Crippen LogP) is 2.20. The Morgan fingerprint density at radius 2 is 0.875 bits per heavy atom. The molecule has 124 valence electrons. The fourth-order valence-corrected chi connectivity index (χ4v) is 4.48. The molecule has 3 aromatic rings. The van der Waals surface area contributed by atoms with Gasteiger partial charge in [-0.25, -0.2) is 0 Å². The first kappa shape index (κ1) is 20.3. The second-order valence-corrected chi connectivity index (χ2v) is 7.05. The van der Waals surface area contributed by atoms with Gasteiger partial charge in [0.1, 0.15) is 0 Å². The number of rotatable bonds is 3. The number of aliphatic carboxylic acids is 1. The van der Waals surface area contributed by atoms with Crippen molar-refractivity contribution in [3.05, 3.63) is 91.0 Å².